The van der Waals surface area contributed by atoms with Crippen LogP contribution in [0.1, 0.15) is 19.8 Å². The SMILES string of the molecule is CC(=O)OC(=O)C(Oc1ccccc1)N1CCN(C2CCNCC2)CC1. The van der Waals surface area contributed by atoms with Gasteiger partial charge in [-0.2, -0.15) is 0 Å². The fourth-order valence-electron chi connectivity index (χ4n) is 3.60. The molecule has 7 nitrogen and oxygen atoms in total. The Bertz CT molecular complexity index is 596. The molecule has 0 saturated carbocycles. The lowest BCUT2D eigenvalue weighted by Gasteiger charge is -2.42. The van der Waals surface area contributed by atoms with Crippen LogP contribution in [0.25, 0.3) is 0 Å². The maximum absolute atomic E-state index is 12.4. The van der Waals surface area contributed by atoms with E-state index >= 15 is 0 Å². The van der Waals surface area contributed by atoms with Crippen molar-refractivity contribution in [2.45, 2.75) is 32.0 Å². The van der Waals surface area contributed by atoms with Gasteiger partial charge in [-0.15, -0.1) is 0 Å². The molecule has 1 aromatic carbocycles. The lowest BCUT2D eigenvalue weighted by atomic mass is 10.0. The van der Waals surface area contributed by atoms with Crippen molar-refractivity contribution in [2.24, 2.45) is 0 Å². The highest BCUT2D eigenvalue weighted by Crippen LogP contribution is 2.19. The molecular formula is C19H27N3O4. The second-order valence-corrected chi connectivity index (χ2v) is 6.75. The van der Waals surface area contributed by atoms with Crippen LogP contribution in [-0.2, 0) is 14.3 Å². The van der Waals surface area contributed by atoms with Gasteiger partial charge in [0.25, 0.3) is 6.23 Å². The van der Waals surface area contributed by atoms with Crippen LogP contribution in [0.5, 0.6) is 5.75 Å². The molecule has 1 aromatic rings. The van der Waals surface area contributed by atoms with Crippen LogP contribution in [0, 0.1) is 0 Å². The first-order valence-corrected chi connectivity index (χ1v) is 9.26. The monoisotopic (exact) mass is 361 g/mol. The Hall–Kier alpha value is -1.96. The molecule has 2 aliphatic rings. The molecule has 2 aliphatic heterocycles. The van der Waals surface area contributed by atoms with Crippen LogP contribution < -0.4 is 10.1 Å². The van der Waals surface area contributed by atoms with E-state index in [0.29, 0.717) is 24.9 Å². The van der Waals surface area contributed by atoms with Gasteiger partial charge in [-0.1, -0.05) is 18.2 Å². The fourth-order valence-corrected chi connectivity index (χ4v) is 3.60. The van der Waals surface area contributed by atoms with Crippen LogP contribution in [0.2, 0.25) is 0 Å². The molecule has 0 spiro atoms. The summed E-state index contributed by atoms with van der Waals surface area (Å²) in [6, 6.07) is 9.76. The third kappa shape index (κ3) is 5.03. The molecule has 0 amide bonds. The molecule has 0 aliphatic carbocycles. The van der Waals surface area contributed by atoms with Crippen molar-refractivity contribution in [3.63, 3.8) is 0 Å². The third-order valence-electron chi connectivity index (χ3n) is 4.94. The van der Waals surface area contributed by atoms with Crippen molar-refractivity contribution in [3.05, 3.63) is 30.3 Å². The minimum absolute atomic E-state index is 0.582. The summed E-state index contributed by atoms with van der Waals surface area (Å²) < 4.78 is 10.7. The molecule has 7 heteroatoms. The van der Waals surface area contributed by atoms with E-state index in [0.717, 1.165) is 39.0 Å². The molecule has 2 fully saturated rings. The highest BCUT2D eigenvalue weighted by molar-refractivity contribution is 5.86. The molecule has 1 N–H and O–H groups in total. The van der Waals surface area contributed by atoms with Gasteiger partial charge in [-0.05, 0) is 38.1 Å². The molecular weight excluding hydrogens is 334 g/mol. The Kier molecular flexibility index (Phi) is 6.60. The minimum Gasteiger partial charge on any atom is -0.464 e. The van der Waals surface area contributed by atoms with Crippen LogP contribution in [0.15, 0.2) is 30.3 Å². The number of ether oxygens (including phenoxy) is 2. The first-order chi connectivity index (χ1) is 12.6. The number of piperidine rings is 1. The predicted octanol–water partition coefficient (Wildman–Crippen LogP) is 0.851. The Balaban J connectivity index is 1.63. The molecule has 26 heavy (non-hydrogen) atoms. The zero-order valence-electron chi connectivity index (χ0n) is 15.2. The molecule has 142 valence electrons. The Morgan fingerprint density at radius 1 is 1.08 bits per heavy atom. The van der Waals surface area contributed by atoms with Gasteiger partial charge in [0.15, 0.2) is 0 Å². The van der Waals surface area contributed by atoms with Crippen LogP contribution >= 0.6 is 0 Å². The number of esters is 2. The Morgan fingerprint density at radius 3 is 2.35 bits per heavy atom. The molecule has 1 atom stereocenters. The second-order valence-electron chi connectivity index (χ2n) is 6.75. The van der Waals surface area contributed by atoms with Gasteiger partial charge < -0.3 is 14.8 Å². The lowest BCUT2D eigenvalue weighted by Crippen LogP contribution is -2.58. The number of nitrogens with zero attached hydrogens (tertiary/aromatic N) is 2. The van der Waals surface area contributed by atoms with E-state index in [2.05, 4.69) is 10.2 Å². The van der Waals surface area contributed by atoms with Gasteiger partial charge in [0.05, 0.1) is 0 Å². The number of nitrogens with one attached hydrogen (secondary N) is 1. The zero-order chi connectivity index (χ0) is 18.4. The molecule has 3 rings (SSSR count). The molecule has 0 radical (unpaired) electrons. The first kappa shape index (κ1) is 18.8. The molecule has 1 unspecified atom stereocenters. The van der Waals surface area contributed by atoms with Crippen molar-refractivity contribution < 1.29 is 19.1 Å². The van der Waals surface area contributed by atoms with Crippen LogP contribution in [0.3, 0.4) is 0 Å². The van der Waals surface area contributed by atoms with E-state index in [1.54, 1.807) is 12.1 Å². The number of benzene rings is 1. The van der Waals surface area contributed by atoms with E-state index in [9.17, 15) is 9.59 Å². The summed E-state index contributed by atoms with van der Waals surface area (Å²) in [5.74, 6) is -0.694. The second kappa shape index (κ2) is 9.12. The maximum Gasteiger partial charge on any atom is 0.370 e. The van der Waals surface area contributed by atoms with Crippen molar-refractivity contribution >= 4 is 11.9 Å². The number of hydrogen-bond donors (Lipinski definition) is 1. The van der Waals surface area contributed by atoms with Crippen molar-refractivity contribution in [1.29, 1.82) is 0 Å². The third-order valence-corrected chi connectivity index (χ3v) is 4.94. The summed E-state index contributed by atoms with van der Waals surface area (Å²) in [7, 11) is 0. The highest BCUT2D eigenvalue weighted by atomic mass is 16.6. The van der Waals surface area contributed by atoms with E-state index < -0.39 is 18.2 Å². The number of piperazine rings is 1. The van der Waals surface area contributed by atoms with Gasteiger partial charge in [0.2, 0.25) is 0 Å². The quantitative estimate of drug-likeness (QED) is 0.616. The van der Waals surface area contributed by atoms with Crippen molar-refractivity contribution in [3.8, 4) is 5.75 Å². The largest absolute Gasteiger partial charge is 0.464 e. The summed E-state index contributed by atoms with van der Waals surface area (Å²) in [5.41, 5.74) is 0. The standard InChI is InChI=1S/C19H27N3O4/c1-15(23)25-19(24)18(26-17-5-3-2-4-6-17)22-13-11-21(12-14-22)16-7-9-20-10-8-16/h2-6,16,18,20H,7-14H2,1H3. The summed E-state index contributed by atoms with van der Waals surface area (Å²) in [5, 5.41) is 3.39. The van der Waals surface area contributed by atoms with Crippen LogP contribution in [-0.4, -0.2) is 73.3 Å². The summed E-state index contributed by atoms with van der Waals surface area (Å²) in [6.07, 6.45) is 1.42. The topological polar surface area (TPSA) is 71.1 Å². The van der Waals surface area contributed by atoms with E-state index in [4.69, 9.17) is 9.47 Å². The van der Waals surface area contributed by atoms with Gasteiger partial charge in [-0.25, -0.2) is 4.79 Å². The van der Waals surface area contributed by atoms with E-state index in [1.807, 2.05) is 23.1 Å². The smallest absolute Gasteiger partial charge is 0.370 e. The number of carbonyl (C=O) groups excluding carboxylic acids is 2. The number of rotatable bonds is 5. The van der Waals surface area contributed by atoms with E-state index in [-0.39, 0.29) is 0 Å². The summed E-state index contributed by atoms with van der Waals surface area (Å²) in [4.78, 5) is 28.1. The number of carbonyl (C=O) groups is 2. The predicted molar refractivity (Wildman–Crippen MR) is 96.7 cm³/mol. The first-order valence-electron chi connectivity index (χ1n) is 9.26. The average molecular weight is 361 g/mol. The van der Waals surface area contributed by atoms with Gasteiger partial charge in [0.1, 0.15) is 5.75 Å². The van der Waals surface area contributed by atoms with E-state index in [1.165, 1.54) is 6.92 Å². The molecule has 0 bridgehead atoms. The van der Waals surface area contributed by atoms with Crippen molar-refractivity contribution in [2.75, 3.05) is 39.3 Å². The average Bonchev–Trinajstić information content (AvgIpc) is 2.67. The summed E-state index contributed by atoms with van der Waals surface area (Å²) >= 11 is 0. The zero-order valence-corrected chi connectivity index (χ0v) is 15.2. The molecule has 0 aromatic heterocycles. The molecule has 2 heterocycles. The van der Waals surface area contributed by atoms with Gasteiger partial charge in [-0.3, -0.25) is 14.6 Å². The normalized spacial score (nSPS) is 21.1. The number of hydrogen-bond acceptors (Lipinski definition) is 7. The molecule has 2 saturated heterocycles. The van der Waals surface area contributed by atoms with Gasteiger partial charge in [0, 0.05) is 39.1 Å². The number of para-hydroxylation sites is 1. The minimum atomic E-state index is -0.906. The maximum atomic E-state index is 12.4. The lowest BCUT2D eigenvalue weighted by molar-refractivity contribution is -0.171. The van der Waals surface area contributed by atoms with Crippen molar-refractivity contribution in [1.82, 2.24) is 15.1 Å². The highest BCUT2D eigenvalue weighted by Gasteiger charge is 2.34. The Labute approximate surface area is 154 Å². The van der Waals surface area contributed by atoms with Gasteiger partial charge >= 0.3 is 11.9 Å². The van der Waals surface area contributed by atoms with Crippen LogP contribution in [0.4, 0.5) is 0 Å². The summed E-state index contributed by atoms with van der Waals surface area (Å²) in [6.45, 7) is 6.53. The fraction of sp³-hybridized carbons (Fsp3) is 0.579. The Morgan fingerprint density at radius 2 is 1.73 bits per heavy atom.